The molecule has 32 heavy (non-hydrogen) atoms. The lowest BCUT2D eigenvalue weighted by Gasteiger charge is -2.43. The number of carbonyl (C=O) groups excluding carboxylic acids is 4. The monoisotopic (exact) mass is 485 g/mol. The molecule has 0 saturated carbocycles. The summed E-state index contributed by atoms with van der Waals surface area (Å²) >= 11 is 12.1. The number of hydrazine groups is 1. The van der Waals surface area contributed by atoms with Gasteiger partial charge < -0.3 is 10.1 Å². The minimum atomic E-state index is -0.869. The van der Waals surface area contributed by atoms with E-state index in [-0.39, 0.29) is 40.8 Å². The first-order valence-corrected chi connectivity index (χ1v) is 11.3. The second kappa shape index (κ2) is 12.2. The van der Waals surface area contributed by atoms with E-state index in [0.29, 0.717) is 24.4 Å². The lowest BCUT2D eigenvalue weighted by molar-refractivity contribution is -0.146. The summed E-state index contributed by atoms with van der Waals surface area (Å²) in [5.74, 6) is -1.56. The molecule has 0 aromatic heterocycles. The van der Waals surface area contributed by atoms with E-state index in [4.69, 9.17) is 27.9 Å². The fourth-order valence-corrected chi connectivity index (χ4v) is 4.53. The van der Waals surface area contributed by atoms with Gasteiger partial charge in [-0.1, -0.05) is 43.1 Å². The molecule has 0 aromatic rings. The molecule has 0 radical (unpaired) electrons. The third-order valence-corrected chi connectivity index (χ3v) is 6.51. The van der Waals surface area contributed by atoms with E-state index in [1.165, 1.54) is 6.08 Å². The zero-order chi connectivity index (χ0) is 23.8. The van der Waals surface area contributed by atoms with Crippen LogP contribution in [0.3, 0.4) is 0 Å². The smallest absolute Gasteiger partial charge is 0.336 e. The van der Waals surface area contributed by atoms with E-state index in [9.17, 15) is 19.2 Å². The number of hydrogen-bond acceptors (Lipinski definition) is 6. The number of rotatable bonds is 9. The summed E-state index contributed by atoms with van der Waals surface area (Å²) in [6.45, 7) is 5.60. The van der Waals surface area contributed by atoms with Crippen molar-refractivity contribution < 1.29 is 23.9 Å². The van der Waals surface area contributed by atoms with Crippen molar-refractivity contribution in [2.45, 2.75) is 52.1 Å². The van der Waals surface area contributed by atoms with E-state index < -0.39 is 24.4 Å². The van der Waals surface area contributed by atoms with Gasteiger partial charge in [0, 0.05) is 30.5 Å². The third kappa shape index (κ3) is 6.43. The third-order valence-electron chi connectivity index (χ3n) is 5.90. The van der Waals surface area contributed by atoms with Crippen molar-refractivity contribution >= 4 is 47.3 Å². The molecule has 0 spiro atoms. The topological polar surface area (TPSA) is 105 Å². The number of Topliss-reactive ketones (excluding diaryl/α,β-unsaturated/α-hetero) is 1. The number of nitrogens with one attached hydrogen (secondary N) is 2. The molecule has 2 N–H and O–H groups in total. The number of nitrogens with zero attached hydrogens (tertiary/aromatic N) is 1. The molecule has 1 fully saturated rings. The SMILES string of the molecule is CCC(=O)N1NCCC(C(C)C(NC=O)C(=O)COC(=O)C2=C(Cl)C=CC=C(Cl)C2)C1C. The summed E-state index contributed by atoms with van der Waals surface area (Å²) in [5, 5.41) is 4.76. The number of allylic oxidation sites excluding steroid dienone is 5. The molecule has 1 saturated heterocycles. The standard InChI is InChI=1S/C22H29Cl2N3O5/c1-4-20(30)27-14(3)16(8-9-26-27)13(2)21(25-12-28)19(29)11-32-22(31)17-10-15(23)6-5-7-18(17)24/h5-7,12-14,16,21,26H,4,8-11H2,1-3H3,(H,25,28). The zero-order valence-electron chi connectivity index (χ0n) is 18.4. The summed E-state index contributed by atoms with van der Waals surface area (Å²) in [6, 6.07) is -1.04. The van der Waals surface area contributed by atoms with Crippen LogP contribution in [0.2, 0.25) is 0 Å². The van der Waals surface area contributed by atoms with Crippen molar-refractivity contribution in [3.63, 3.8) is 0 Å². The molecule has 176 valence electrons. The summed E-state index contributed by atoms with van der Waals surface area (Å²) in [5.41, 5.74) is 3.25. The van der Waals surface area contributed by atoms with Gasteiger partial charge in [-0.15, -0.1) is 0 Å². The van der Waals surface area contributed by atoms with Crippen LogP contribution in [0.25, 0.3) is 0 Å². The maximum atomic E-state index is 12.9. The Hall–Kier alpha value is -2.16. The molecular weight excluding hydrogens is 457 g/mol. The van der Waals surface area contributed by atoms with Crippen molar-refractivity contribution in [2.75, 3.05) is 13.2 Å². The Labute approximate surface area is 198 Å². The van der Waals surface area contributed by atoms with E-state index in [0.717, 1.165) is 6.42 Å². The van der Waals surface area contributed by atoms with Crippen LogP contribution in [-0.4, -0.2) is 54.3 Å². The van der Waals surface area contributed by atoms with Crippen molar-refractivity contribution in [1.82, 2.24) is 15.8 Å². The molecule has 1 aliphatic carbocycles. The van der Waals surface area contributed by atoms with E-state index in [2.05, 4.69) is 10.7 Å². The molecule has 10 heteroatoms. The molecule has 0 aromatic carbocycles. The first kappa shape index (κ1) is 26.1. The van der Waals surface area contributed by atoms with Crippen molar-refractivity contribution in [2.24, 2.45) is 11.8 Å². The molecule has 2 aliphatic rings. The highest BCUT2D eigenvalue weighted by Gasteiger charge is 2.39. The summed E-state index contributed by atoms with van der Waals surface area (Å²) in [6.07, 6.45) is 6.40. The van der Waals surface area contributed by atoms with E-state index in [1.807, 2.05) is 13.8 Å². The van der Waals surface area contributed by atoms with Crippen LogP contribution in [0.1, 0.15) is 40.0 Å². The normalized spacial score (nSPS) is 23.0. The van der Waals surface area contributed by atoms with Gasteiger partial charge in [-0.05, 0) is 37.3 Å². The van der Waals surface area contributed by atoms with Gasteiger partial charge in [0.1, 0.15) is 0 Å². The molecule has 2 amide bonds. The Morgan fingerprint density at radius 1 is 1.38 bits per heavy atom. The Morgan fingerprint density at radius 2 is 2.09 bits per heavy atom. The number of halogens is 2. The highest BCUT2D eigenvalue weighted by molar-refractivity contribution is 6.34. The molecule has 1 heterocycles. The maximum absolute atomic E-state index is 12.9. The fourth-order valence-electron chi connectivity index (χ4n) is 4.11. The fraction of sp³-hybridized carbons (Fsp3) is 0.545. The Balaban J connectivity index is 2.07. The second-order valence-corrected chi connectivity index (χ2v) is 8.75. The number of esters is 1. The predicted octanol–water partition coefficient (Wildman–Crippen LogP) is 2.58. The molecule has 8 nitrogen and oxygen atoms in total. The van der Waals surface area contributed by atoms with Crippen LogP contribution >= 0.6 is 23.2 Å². The number of carbonyl (C=O) groups is 4. The first-order valence-electron chi connectivity index (χ1n) is 10.6. The molecule has 2 rings (SSSR count). The van der Waals surface area contributed by atoms with Crippen molar-refractivity contribution in [3.05, 3.63) is 33.9 Å². The van der Waals surface area contributed by atoms with E-state index in [1.54, 1.807) is 24.1 Å². The number of amides is 2. The van der Waals surface area contributed by atoms with Crippen molar-refractivity contribution in [3.8, 4) is 0 Å². The van der Waals surface area contributed by atoms with Crippen LogP contribution in [0, 0.1) is 11.8 Å². The van der Waals surface area contributed by atoms with Crippen LogP contribution in [0.4, 0.5) is 0 Å². The lowest BCUT2D eigenvalue weighted by atomic mass is 9.78. The highest BCUT2D eigenvalue weighted by atomic mass is 35.5. The minimum Gasteiger partial charge on any atom is -0.454 e. The van der Waals surface area contributed by atoms with Gasteiger partial charge in [-0.2, -0.15) is 0 Å². The minimum absolute atomic E-state index is 0.0372. The summed E-state index contributed by atoms with van der Waals surface area (Å²) < 4.78 is 5.20. The van der Waals surface area contributed by atoms with Gasteiger partial charge in [-0.3, -0.25) is 19.4 Å². The quantitative estimate of drug-likeness (QED) is 0.384. The van der Waals surface area contributed by atoms with Gasteiger partial charge >= 0.3 is 5.97 Å². The summed E-state index contributed by atoms with van der Waals surface area (Å²) in [7, 11) is 0. The first-order chi connectivity index (χ1) is 15.2. The Morgan fingerprint density at radius 3 is 2.75 bits per heavy atom. The lowest BCUT2D eigenvalue weighted by Crippen LogP contribution is -2.59. The van der Waals surface area contributed by atoms with Crippen LogP contribution < -0.4 is 10.7 Å². The number of ether oxygens (including phenoxy) is 1. The van der Waals surface area contributed by atoms with Crippen LogP contribution in [0.5, 0.6) is 0 Å². The van der Waals surface area contributed by atoms with E-state index >= 15 is 0 Å². The average molecular weight is 486 g/mol. The zero-order valence-corrected chi connectivity index (χ0v) is 19.9. The molecule has 0 bridgehead atoms. The molecular formula is C22H29Cl2N3O5. The molecule has 1 aliphatic heterocycles. The van der Waals surface area contributed by atoms with Gasteiger partial charge in [-0.25, -0.2) is 10.2 Å². The largest absolute Gasteiger partial charge is 0.454 e. The maximum Gasteiger partial charge on any atom is 0.336 e. The Kier molecular flexibility index (Phi) is 9.93. The van der Waals surface area contributed by atoms with Gasteiger partial charge in [0.25, 0.3) is 0 Å². The van der Waals surface area contributed by atoms with Gasteiger partial charge in [0.2, 0.25) is 12.3 Å². The van der Waals surface area contributed by atoms with Gasteiger partial charge in [0.05, 0.1) is 16.6 Å². The van der Waals surface area contributed by atoms with Gasteiger partial charge in [0.15, 0.2) is 12.4 Å². The van der Waals surface area contributed by atoms with Crippen molar-refractivity contribution in [1.29, 1.82) is 0 Å². The predicted molar refractivity (Wildman–Crippen MR) is 121 cm³/mol. The van der Waals surface area contributed by atoms with Crippen LogP contribution in [-0.2, 0) is 23.9 Å². The Bertz CT molecular complexity index is 839. The summed E-state index contributed by atoms with van der Waals surface area (Å²) in [4.78, 5) is 48.8. The molecule has 4 unspecified atom stereocenters. The molecule has 4 atom stereocenters. The highest BCUT2D eigenvalue weighted by Crippen LogP contribution is 2.29. The number of ketones is 1. The van der Waals surface area contributed by atoms with Crippen LogP contribution in [0.15, 0.2) is 33.9 Å². The second-order valence-electron chi connectivity index (χ2n) is 7.86. The average Bonchev–Trinajstić information content (AvgIpc) is 2.95. The number of hydrogen-bond donors (Lipinski definition) is 2.